The molecule has 72 valence electrons. The van der Waals surface area contributed by atoms with Crippen molar-refractivity contribution in [3.05, 3.63) is 24.3 Å². The Morgan fingerprint density at radius 2 is 2.08 bits per heavy atom. The van der Waals surface area contributed by atoms with Crippen molar-refractivity contribution in [1.82, 2.24) is 9.97 Å². The highest BCUT2D eigenvalue weighted by Gasteiger charge is 2.05. The van der Waals surface area contributed by atoms with E-state index in [0.29, 0.717) is 11.0 Å². The molecule has 2 aromatic heterocycles. The predicted octanol–water partition coefficient (Wildman–Crippen LogP) is 2.13. The highest BCUT2D eigenvalue weighted by molar-refractivity contribution is 5.85. The molecular formula is C7H8Cl2FN3. The van der Waals surface area contributed by atoms with Gasteiger partial charge in [-0.1, -0.05) is 0 Å². The average Bonchev–Trinajstić information content (AvgIpc) is 2.45. The highest BCUT2D eigenvalue weighted by Crippen LogP contribution is 2.17. The van der Waals surface area contributed by atoms with Crippen LogP contribution in [0.2, 0.25) is 0 Å². The number of pyridine rings is 1. The summed E-state index contributed by atoms with van der Waals surface area (Å²) < 4.78 is 13.0. The van der Waals surface area contributed by atoms with Crippen LogP contribution in [0.5, 0.6) is 0 Å². The van der Waals surface area contributed by atoms with Crippen LogP contribution in [0.15, 0.2) is 18.5 Å². The number of anilines is 1. The van der Waals surface area contributed by atoms with Crippen molar-refractivity contribution < 1.29 is 4.39 Å². The maximum absolute atomic E-state index is 13.0. The molecule has 0 fully saturated rings. The molecule has 0 amide bonds. The minimum atomic E-state index is -0.431. The minimum Gasteiger partial charge on any atom is -0.395 e. The van der Waals surface area contributed by atoms with E-state index in [9.17, 15) is 4.39 Å². The standard InChI is InChI=1S/C7H6FN3.2ClH/c8-6-4(9)3-11-5-1-2-10-7(5)6;;/h1-3,10H,9H2;2*1H. The molecule has 0 saturated carbocycles. The van der Waals surface area contributed by atoms with Crippen molar-refractivity contribution in [3.8, 4) is 0 Å². The summed E-state index contributed by atoms with van der Waals surface area (Å²) in [6.45, 7) is 0. The molecular weight excluding hydrogens is 216 g/mol. The summed E-state index contributed by atoms with van der Waals surface area (Å²) in [4.78, 5) is 6.62. The van der Waals surface area contributed by atoms with E-state index in [4.69, 9.17) is 5.73 Å². The van der Waals surface area contributed by atoms with E-state index in [1.165, 1.54) is 6.20 Å². The fourth-order valence-corrected chi connectivity index (χ4v) is 0.985. The van der Waals surface area contributed by atoms with Crippen molar-refractivity contribution in [2.45, 2.75) is 0 Å². The second kappa shape index (κ2) is 4.30. The molecule has 2 rings (SSSR count). The normalized spacial score (nSPS) is 9.00. The predicted molar refractivity (Wildman–Crippen MR) is 55.0 cm³/mol. The first-order valence-electron chi connectivity index (χ1n) is 3.16. The van der Waals surface area contributed by atoms with Crippen LogP contribution in [0.25, 0.3) is 11.0 Å². The van der Waals surface area contributed by atoms with Crippen molar-refractivity contribution >= 4 is 41.5 Å². The van der Waals surface area contributed by atoms with Crippen LogP contribution in [0.3, 0.4) is 0 Å². The van der Waals surface area contributed by atoms with Crippen LogP contribution < -0.4 is 5.73 Å². The van der Waals surface area contributed by atoms with Crippen molar-refractivity contribution in [1.29, 1.82) is 0 Å². The van der Waals surface area contributed by atoms with Crippen LogP contribution in [-0.2, 0) is 0 Å². The summed E-state index contributed by atoms with van der Waals surface area (Å²) in [7, 11) is 0. The number of halogens is 3. The van der Waals surface area contributed by atoms with Gasteiger partial charge in [0.1, 0.15) is 5.52 Å². The number of aromatic amines is 1. The lowest BCUT2D eigenvalue weighted by Gasteiger charge is -1.95. The third-order valence-corrected chi connectivity index (χ3v) is 1.54. The molecule has 2 heterocycles. The quantitative estimate of drug-likeness (QED) is 0.720. The summed E-state index contributed by atoms with van der Waals surface area (Å²) in [5.74, 6) is -0.431. The smallest absolute Gasteiger partial charge is 0.173 e. The van der Waals surface area contributed by atoms with Gasteiger partial charge in [-0.05, 0) is 6.07 Å². The van der Waals surface area contributed by atoms with E-state index < -0.39 is 5.82 Å². The fourth-order valence-electron chi connectivity index (χ4n) is 0.985. The zero-order chi connectivity index (χ0) is 7.84. The maximum Gasteiger partial charge on any atom is 0.173 e. The molecule has 2 aromatic rings. The number of fused-ring (bicyclic) bond motifs is 1. The lowest BCUT2D eigenvalue weighted by Crippen LogP contribution is -1.92. The van der Waals surface area contributed by atoms with Crippen molar-refractivity contribution in [2.75, 3.05) is 5.73 Å². The largest absolute Gasteiger partial charge is 0.395 e. The van der Waals surface area contributed by atoms with E-state index in [-0.39, 0.29) is 30.5 Å². The number of rotatable bonds is 0. The maximum atomic E-state index is 13.0. The van der Waals surface area contributed by atoms with Crippen LogP contribution in [0.4, 0.5) is 10.1 Å². The molecule has 0 aliphatic rings. The molecule has 13 heavy (non-hydrogen) atoms. The Kier molecular flexibility index (Phi) is 3.97. The number of hydrogen-bond donors (Lipinski definition) is 2. The van der Waals surface area contributed by atoms with Gasteiger partial charge in [0.2, 0.25) is 0 Å². The lowest BCUT2D eigenvalue weighted by molar-refractivity contribution is 0.640. The number of nitrogens with one attached hydrogen (secondary N) is 1. The summed E-state index contributed by atoms with van der Waals surface area (Å²) >= 11 is 0. The highest BCUT2D eigenvalue weighted by atomic mass is 35.5. The lowest BCUT2D eigenvalue weighted by atomic mass is 10.3. The first-order valence-corrected chi connectivity index (χ1v) is 3.16. The second-order valence-corrected chi connectivity index (χ2v) is 2.27. The first kappa shape index (κ1) is 12.0. The first-order chi connectivity index (χ1) is 5.29. The van der Waals surface area contributed by atoms with Crippen molar-refractivity contribution in [2.24, 2.45) is 0 Å². The number of nitrogens with zero attached hydrogens (tertiary/aromatic N) is 1. The van der Waals surface area contributed by atoms with Crippen LogP contribution in [-0.4, -0.2) is 9.97 Å². The Morgan fingerprint density at radius 3 is 2.77 bits per heavy atom. The monoisotopic (exact) mass is 223 g/mol. The van der Waals surface area contributed by atoms with Gasteiger partial charge in [-0.3, -0.25) is 4.98 Å². The third kappa shape index (κ3) is 1.84. The van der Waals surface area contributed by atoms with Crippen LogP contribution in [0, 0.1) is 5.82 Å². The molecule has 0 spiro atoms. The van der Waals surface area contributed by atoms with Gasteiger partial charge in [0.05, 0.1) is 17.4 Å². The van der Waals surface area contributed by atoms with Crippen molar-refractivity contribution in [3.63, 3.8) is 0 Å². The number of H-pyrrole nitrogens is 1. The van der Waals surface area contributed by atoms with Crippen LogP contribution >= 0.6 is 24.8 Å². The molecule has 3 N–H and O–H groups in total. The van der Waals surface area contributed by atoms with E-state index in [2.05, 4.69) is 9.97 Å². The molecule has 0 aliphatic heterocycles. The fraction of sp³-hybridized carbons (Fsp3) is 0. The Bertz CT molecular complexity index is 402. The topological polar surface area (TPSA) is 54.7 Å². The molecule has 6 heteroatoms. The molecule has 0 bridgehead atoms. The Hall–Kier alpha value is -1.00. The van der Waals surface area contributed by atoms with Crippen LogP contribution in [0.1, 0.15) is 0 Å². The van der Waals surface area contributed by atoms with Gasteiger partial charge in [0.15, 0.2) is 5.82 Å². The average molecular weight is 224 g/mol. The van der Waals surface area contributed by atoms with E-state index in [1.54, 1.807) is 12.3 Å². The summed E-state index contributed by atoms with van der Waals surface area (Å²) in [5.41, 5.74) is 6.32. The summed E-state index contributed by atoms with van der Waals surface area (Å²) in [6.07, 6.45) is 2.94. The molecule has 0 aliphatic carbocycles. The molecule has 0 radical (unpaired) electrons. The number of hydrogen-bond acceptors (Lipinski definition) is 2. The molecule has 0 unspecified atom stereocenters. The van der Waals surface area contributed by atoms with Gasteiger partial charge in [-0.15, -0.1) is 24.8 Å². The van der Waals surface area contributed by atoms with E-state index in [1.807, 2.05) is 0 Å². The SMILES string of the molecule is Cl.Cl.Nc1cnc2cc[nH]c2c1F. The van der Waals surface area contributed by atoms with Gasteiger partial charge >= 0.3 is 0 Å². The zero-order valence-corrected chi connectivity index (χ0v) is 8.08. The minimum absolute atomic E-state index is 0. The van der Waals surface area contributed by atoms with Gasteiger partial charge in [-0.2, -0.15) is 0 Å². The zero-order valence-electron chi connectivity index (χ0n) is 6.45. The van der Waals surface area contributed by atoms with Gasteiger partial charge in [0, 0.05) is 6.20 Å². The molecule has 3 nitrogen and oxygen atoms in total. The van der Waals surface area contributed by atoms with Gasteiger partial charge in [-0.25, -0.2) is 4.39 Å². The van der Waals surface area contributed by atoms with Gasteiger partial charge in [0.25, 0.3) is 0 Å². The number of aromatic nitrogens is 2. The summed E-state index contributed by atoms with van der Waals surface area (Å²) in [6, 6.07) is 1.69. The third-order valence-electron chi connectivity index (χ3n) is 1.54. The summed E-state index contributed by atoms with van der Waals surface area (Å²) in [5, 5.41) is 0. The Morgan fingerprint density at radius 1 is 1.38 bits per heavy atom. The van der Waals surface area contributed by atoms with Gasteiger partial charge < -0.3 is 10.7 Å². The van der Waals surface area contributed by atoms with E-state index >= 15 is 0 Å². The number of nitrogens with two attached hydrogens (primary N) is 1. The Balaban J connectivity index is 0.000000720. The molecule has 0 aromatic carbocycles. The Labute approximate surface area is 86.4 Å². The van der Waals surface area contributed by atoms with E-state index in [0.717, 1.165) is 0 Å². The molecule has 0 atom stereocenters. The molecule has 0 saturated heterocycles. The number of nitrogen functional groups attached to an aromatic ring is 1. The second-order valence-electron chi connectivity index (χ2n) is 2.27.